The first-order chi connectivity index (χ1) is 11.5. The Morgan fingerprint density at radius 1 is 1.12 bits per heavy atom. The van der Waals surface area contributed by atoms with Crippen LogP contribution in [0.15, 0.2) is 42.5 Å². The van der Waals surface area contributed by atoms with Crippen LogP contribution < -0.4 is 4.90 Å². The van der Waals surface area contributed by atoms with Gasteiger partial charge in [0.05, 0.1) is 0 Å². The minimum Gasteiger partial charge on any atom is -0.337 e. The second-order valence-electron chi connectivity index (χ2n) is 6.41. The van der Waals surface area contributed by atoms with Gasteiger partial charge in [0.25, 0.3) is 5.91 Å². The first-order valence-electron chi connectivity index (χ1n) is 8.18. The van der Waals surface area contributed by atoms with Gasteiger partial charge >= 0.3 is 0 Å². The molecule has 0 unspecified atom stereocenters. The number of rotatable bonds is 3. The van der Waals surface area contributed by atoms with Crippen molar-refractivity contribution in [2.75, 3.05) is 18.5 Å². The van der Waals surface area contributed by atoms with Crippen molar-refractivity contribution in [3.05, 3.63) is 64.7 Å². The molecule has 3 rings (SSSR count). The Kier molecular flexibility index (Phi) is 4.38. The Morgan fingerprint density at radius 3 is 2.50 bits per heavy atom. The summed E-state index contributed by atoms with van der Waals surface area (Å²) in [6.45, 7) is 4.90. The number of carbonyl (C=O) groups is 2. The molecular weight excluding hydrogens is 300 g/mol. The molecule has 0 N–H and O–H groups in total. The molecule has 0 saturated heterocycles. The Bertz CT molecular complexity index is 781. The van der Waals surface area contributed by atoms with E-state index in [4.69, 9.17) is 0 Å². The number of hydrogen-bond donors (Lipinski definition) is 0. The molecule has 124 valence electrons. The molecule has 0 atom stereocenters. The standard InChI is InChI=1S/C20H22N2O2/c1-14-4-6-16(7-5-14)13-21(3)20(24)18-8-9-19-17(12-18)10-11-22(19)15(2)23/h4-9,12H,10-11,13H2,1-3H3. The Balaban J connectivity index is 1.75. The third kappa shape index (κ3) is 3.18. The van der Waals surface area contributed by atoms with Crippen LogP contribution in [0.4, 0.5) is 5.69 Å². The van der Waals surface area contributed by atoms with Crippen molar-refractivity contribution < 1.29 is 9.59 Å². The molecule has 0 spiro atoms. The van der Waals surface area contributed by atoms with Gasteiger partial charge in [-0.15, -0.1) is 0 Å². The van der Waals surface area contributed by atoms with Crippen LogP contribution in [0.2, 0.25) is 0 Å². The van der Waals surface area contributed by atoms with Gasteiger partial charge in [-0.05, 0) is 42.7 Å². The minimum atomic E-state index is -0.000324. The summed E-state index contributed by atoms with van der Waals surface area (Å²) in [5.41, 5.74) is 5.00. The second-order valence-corrected chi connectivity index (χ2v) is 6.41. The molecule has 0 aromatic heterocycles. The predicted octanol–water partition coefficient (Wildman–Crippen LogP) is 3.18. The van der Waals surface area contributed by atoms with Crippen LogP contribution in [-0.2, 0) is 17.8 Å². The normalized spacial score (nSPS) is 12.9. The molecule has 2 aromatic rings. The van der Waals surface area contributed by atoms with E-state index < -0.39 is 0 Å². The van der Waals surface area contributed by atoms with Gasteiger partial charge in [-0.1, -0.05) is 29.8 Å². The van der Waals surface area contributed by atoms with Crippen molar-refractivity contribution in [3.8, 4) is 0 Å². The van der Waals surface area contributed by atoms with Crippen LogP contribution in [0, 0.1) is 6.92 Å². The molecule has 4 heteroatoms. The number of carbonyl (C=O) groups excluding carboxylic acids is 2. The van der Waals surface area contributed by atoms with Gasteiger partial charge in [0, 0.05) is 38.3 Å². The third-order valence-corrected chi connectivity index (χ3v) is 4.49. The summed E-state index contributed by atoms with van der Waals surface area (Å²) in [5.74, 6) is 0.0453. The van der Waals surface area contributed by atoms with Crippen LogP contribution in [0.5, 0.6) is 0 Å². The van der Waals surface area contributed by atoms with Gasteiger partial charge in [0.1, 0.15) is 0 Å². The lowest BCUT2D eigenvalue weighted by Crippen LogP contribution is -2.27. The summed E-state index contributed by atoms with van der Waals surface area (Å²) in [5, 5.41) is 0. The van der Waals surface area contributed by atoms with E-state index in [1.165, 1.54) is 5.56 Å². The number of fused-ring (bicyclic) bond motifs is 1. The molecule has 2 amide bonds. The summed E-state index contributed by atoms with van der Waals surface area (Å²) in [4.78, 5) is 27.8. The zero-order valence-electron chi connectivity index (χ0n) is 14.4. The fourth-order valence-corrected chi connectivity index (χ4v) is 3.12. The van der Waals surface area contributed by atoms with E-state index >= 15 is 0 Å². The van der Waals surface area contributed by atoms with Crippen molar-refractivity contribution in [1.82, 2.24) is 4.90 Å². The highest BCUT2D eigenvalue weighted by Crippen LogP contribution is 2.29. The molecule has 2 aromatic carbocycles. The molecule has 0 aliphatic carbocycles. The number of hydrogen-bond acceptors (Lipinski definition) is 2. The van der Waals surface area contributed by atoms with Crippen LogP contribution in [0.3, 0.4) is 0 Å². The lowest BCUT2D eigenvalue weighted by atomic mass is 10.1. The number of benzene rings is 2. The van der Waals surface area contributed by atoms with Gasteiger partial charge in [-0.25, -0.2) is 0 Å². The van der Waals surface area contributed by atoms with Crippen molar-refractivity contribution in [1.29, 1.82) is 0 Å². The van der Waals surface area contributed by atoms with E-state index in [2.05, 4.69) is 12.1 Å². The molecule has 1 aliphatic rings. The van der Waals surface area contributed by atoms with Crippen LogP contribution >= 0.6 is 0 Å². The molecule has 0 radical (unpaired) electrons. The maximum absolute atomic E-state index is 12.7. The van der Waals surface area contributed by atoms with E-state index in [-0.39, 0.29) is 11.8 Å². The second kappa shape index (κ2) is 6.48. The van der Waals surface area contributed by atoms with Gasteiger partial charge < -0.3 is 9.80 Å². The van der Waals surface area contributed by atoms with Gasteiger partial charge in [0.2, 0.25) is 5.91 Å². The fourth-order valence-electron chi connectivity index (χ4n) is 3.12. The zero-order valence-corrected chi connectivity index (χ0v) is 14.4. The zero-order chi connectivity index (χ0) is 17.3. The molecule has 1 aliphatic heterocycles. The van der Waals surface area contributed by atoms with E-state index in [1.807, 2.05) is 44.3 Å². The molecule has 4 nitrogen and oxygen atoms in total. The van der Waals surface area contributed by atoms with Crippen LogP contribution in [0.25, 0.3) is 0 Å². The highest BCUT2D eigenvalue weighted by molar-refractivity contribution is 5.97. The van der Waals surface area contributed by atoms with E-state index in [0.717, 1.165) is 23.2 Å². The maximum Gasteiger partial charge on any atom is 0.253 e. The molecule has 0 saturated carbocycles. The summed E-state index contributed by atoms with van der Waals surface area (Å²) in [7, 11) is 1.82. The van der Waals surface area contributed by atoms with Gasteiger partial charge in [-0.2, -0.15) is 0 Å². The quantitative estimate of drug-likeness (QED) is 0.871. The third-order valence-electron chi connectivity index (χ3n) is 4.49. The first-order valence-corrected chi connectivity index (χ1v) is 8.18. The van der Waals surface area contributed by atoms with Gasteiger partial charge in [-0.3, -0.25) is 9.59 Å². The number of aryl methyl sites for hydroxylation is 1. The molecule has 0 bridgehead atoms. The minimum absolute atomic E-state index is 0.000324. The maximum atomic E-state index is 12.7. The average Bonchev–Trinajstić information content (AvgIpc) is 2.99. The SMILES string of the molecule is CC(=O)N1CCc2cc(C(=O)N(C)Cc3ccc(C)cc3)ccc21. The Morgan fingerprint density at radius 2 is 1.83 bits per heavy atom. The van der Waals surface area contributed by atoms with Crippen molar-refractivity contribution in [3.63, 3.8) is 0 Å². The Labute approximate surface area is 142 Å². The monoisotopic (exact) mass is 322 g/mol. The highest BCUT2D eigenvalue weighted by Gasteiger charge is 2.23. The molecule has 0 fully saturated rings. The lowest BCUT2D eigenvalue weighted by Gasteiger charge is -2.19. The van der Waals surface area contributed by atoms with E-state index in [1.54, 1.807) is 16.7 Å². The predicted molar refractivity (Wildman–Crippen MR) is 95.1 cm³/mol. The average molecular weight is 322 g/mol. The molecule has 1 heterocycles. The molecule has 24 heavy (non-hydrogen) atoms. The number of anilines is 1. The lowest BCUT2D eigenvalue weighted by molar-refractivity contribution is -0.116. The largest absolute Gasteiger partial charge is 0.337 e. The summed E-state index contributed by atoms with van der Waals surface area (Å²) >= 11 is 0. The van der Waals surface area contributed by atoms with Crippen LogP contribution in [-0.4, -0.2) is 30.3 Å². The van der Waals surface area contributed by atoms with E-state index in [9.17, 15) is 9.59 Å². The number of nitrogens with zero attached hydrogens (tertiary/aromatic N) is 2. The summed E-state index contributed by atoms with van der Waals surface area (Å²) in [6.07, 6.45) is 0.803. The Hall–Kier alpha value is -2.62. The summed E-state index contributed by atoms with van der Waals surface area (Å²) in [6, 6.07) is 13.8. The number of amides is 2. The van der Waals surface area contributed by atoms with E-state index in [0.29, 0.717) is 18.7 Å². The molecular formula is C20H22N2O2. The first kappa shape index (κ1) is 16.2. The summed E-state index contributed by atoms with van der Waals surface area (Å²) < 4.78 is 0. The van der Waals surface area contributed by atoms with Crippen molar-refractivity contribution in [2.24, 2.45) is 0 Å². The van der Waals surface area contributed by atoms with Crippen molar-refractivity contribution in [2.45, 2.75) is 26.8 Å². The topological polar surface area (TPSA) is 40.6 Å². The fraction of sp³-hybridized carbons (Fsp3) is 0.300. The van der Waals surface area contributed by atoms with Crippen molar-refractivity contribution >= 4 is 17.5 Å². The highest BCUT2D eigenvalue weighted by atomic mass is 16.2. The smallest absolute Gasteiger partial charge is 0.253 e. The van der Waals surface area contributed by atoms with Crippen LogP contribution in [0.1, 0.15) is 34.0 Å². The van der Waals surface area contributed by atoms with Gasteiger partial charge in [0.15, 0.2) is 0 Å².